The summed E-state index contributed by atoms with van der Waals surface area (Å²) in [6.45, 7) is 3.62. The average Bonchev–Trinajstić information content (AvgIpc) is 2.55. The summed E-state index contributed by atoms with van der Waals surface area (Å²) < 4.78 is 13.0. The van der Waals surface area contributed by atoms with E-state index in [0.717, 1.165) is 16.1 Å². The third kappa shape index (κ3) is 5.44. The number of rotatable bonds is 8. The SMILES string of the molecule is CCCC1CCC(CI)(OCCOc2ccccc2)CC1. The predicted octanol–water partition coefficient (Wildman–Crippen LogP) is 5.25. The minimum absolute atomic E-state index is 0.102. The Hall–Kier alpha value is -0.290. The minimum atomic E-state index is 0.102. The van der Waals surface area contributed by atoms with Gasteiger partial charge in [0.2, 0.25) is 0 Å². The lowest BCUT2D eigenvalue weighted by atomic mass is 9.78. The lowest BCUT2D eigenvalue weighted by Crippen LogP contribution is -2.40. The highest BCUT2D eigenvalue weighted by Gasteiger charge is 2.34. The zero-order valence-electron chi connectivity index (χ0n) is 13.0. The van der Waals surface area contributed by atoms with Gasteiger partial charge in [-0.2, -0.15) is 0 Å². The third-order valence-corrected chi connectivity index (χ3v) is 5.85. The second-order valence-corrected chi connectivity index (χ2v) is 6.82. The van der Waals surface area contributed by atoms with Gasteiger partial charge in [-0.1, -0.05) is 60.6 Å². The zero-order valence-corrected chi connectivity index (χ0v) is 15.2. The molecule has 0 unspecified atom stereocenters. The molecule has 0 N–H and O–H groups in total. The molecule has 0 heterocycles. The molecule has 0 saturated heterocycles. The molecule has 1 aliphatic rings. The number of alkyl halides is 1. The standard InChI is InChI=1S/C18H27IO2/c1-2-6-16-9-11-18(15-19,12-10-16)21-14-13-20-17-7-4-3-5-8-17/h3-5,7-8,16H,2,6,9-15H2,1H3. The first-order valence-electron chi connectivity index (χ1n) is 8.16. The summed E-state index contributed by atoms with van der Waals surface area (Å²) in [6, 6.07) is 9.98. The van der Waals surface area contributed by atoms with Gasteiger partial charge in [-0.3, -0.25) is 0 Å². The summed E-state index contributed by atoms with van der Waals surface area (Å²) in [5.74, 6) is 1.85. The largest absolute Gasteiger partial charge is 0.491 e. The number of benzene rings is 1. The third-order valence-electron chi connectivity index (χ3n) is 4.46. The van der Waals surface area contributed by atoms with E-state index in [1.165, 1.54) is 38.5 Å². The molecule has 2 nitrogen and oxygen atoms in total. The van der Waals surface area contributed by atoms with E-state index in [0.29, 0.717) is 13.2 Å². The lowest BCUT2D eigenvalue weighted by molar-refractivity contribution is -0.0675. The summed E-state index contributed by atoms with van der Waals surface area (Å²) in [7, 11) is 0. The first kappa shape index (κ1) is 17.1. The van der Waals surface area contributed by atoms with Crippen molar-refractivity contribution in [3.8, 4) is 5.75 Å². The van der Waals surface area contributed by atoms with Crippen LogP contribution in [-0.4, -0.2) is 23.2 Å². The van der Waals surface area contributed by atoms with Gasteiger partial charge in [0.1, 0.15) is 12.4 Å². The van der Waals surface area contributed by atoms with Crippen molar-refractivity contribution < 1.29 is 9.47 Å². The molecule has 3 heteroatoms. The molecule has 0 bridgehead atoms. The van der Waals surface area contributed by atoms with Gasteiger partial charge < -0.3 is 9.47 Å². The highest BCUT2D eigenvalue weighted by atomic mass is 127. The molecule has 1 aromatic rings. The normalized spacial score (nSPS) is 25.7. The molecule has 2 rings (SSSR count). The number of halogens is 1. The van der Waals surface area contributed by atoms with E-state index in [2.05, 4.69) is 29.5 Å². The van der Waals surface area contributed by atoms with Crippen LogP contribution in [0.2, 0.25) is 0 Å². The maximum Gasteiger partial charge on any atom is 0.119 e. The quantitative estimate of drug-likeness (QED) is 0.336. The highest BCUT2D eigenvalue weighted by molar-refractivity contribution is 14.1. The second kappa shape index (κ2) is 8.99. The van der Waals surface area contributed by atoms with Crippen LogP contribution in [0.15, 0.2) is 30.3 Å². The molecule has 1 fully saturated rings. The molecule has 0 radical (unpaired) electrons. The van der Waals surface area contributed by atoms with Crippen molar-refractivity contribution in [3.63, 3.8) is 0 Å². The monoisotopic (exact) mass is 402 g/mol. The lowest BCUT2D eigenvalue weighted by Gasteiger charge is -2.39. The smallest absolute Gasteiger partial charge is 0.119 e. The van der Waals surface area contributed by atoms with E-state index in [1.807, 2.05) is 30.3 Å². The Bertz CT molecular complexity index is 385. The molecule has 0 atom stereocenters. The van der Waals surface area contributed by atoms with Crippen LogP contribution in [0.25, 0.3) is 0 Å². The van der Waals surface area contributed by atoms with E-state index in [-0.39, 0.29) is 5.60 Å². The molecule has 118 valence electrons. The van der Waals surface area contributed by atoms with Gasteiger partial charge in [0.05, 0.1) is 12.2 Å². The second-order valence-electron chi connectivity index (χ2n) is 6.06. The van der Waals surface area contributed by atoms with Crippen LogP contribution < -0.4 is 4.74 Å². The van der Waals surface area contributed by atoms with Crippen LogP contribution in [0.3, 0.4) is 0 Å². The van der Waals surface area contributed by atoms with Crippen LogP contribution in [0.1, 0.15) is 45.4 Å². The Morgan fingerprint density at radius 1 is 1.14 bits per heavy atom. The molecule has 0 aromatic heterocycles. The zero-order chi connectivity index (χ0) is 15.0. The van der Waals surface area contributed by atoms with E-state index in [9.17, 15) is 0 Å². The first-order valence-corrected chi connectivity index (χ1v) is 9.68. The molecular formula is C18H27IO2. The number of hydrogen-bond acceptors (Lipinski definition) is 2. The van der Waals surface area contributed by atoms with Crippen LogP contribution in [0.5, 0.6) is 5.75 Å². The van der Waals surface area contributed by atoms with Gasteiger partial charge in [-0.25, -0.2) is 0 Å². The van der Waals surface area contributed by atoms with E-state index in [4.69, 9.17) is 9.47 Å². The van der Waals surface area contributed by atoms with Crippen LogP contribution in [-0.2, 0) is 4.74 Å². The fourth-order valence-electron chi connectivity index (χ4n) is 3.15. The van der Waals surface area contributed by atoms with Crippen molar-refractivity contribution in [2.45, 2.75) is 51.0 Å². The van der Waals surface area contributed by atoms with Gasteiger partial charge in [-0.05, 0) is 43.7 Å². The van der Waals surface area contributed by atoms with Crippen molar-refractivity contribution in [2.75, 3.05) is 17.6 Å². The highest BCUT2D eigenvalue weighted by Crippen LogP contribution is 2.38. The molecule has 21 heavy (non-hydrogen) atoms. The van der Waals surface area contributed by atoms with Crippen molar-refractivity contribution in [3.05, 3.63) is 30.3 Å². The topological polar surface area (TPSA) is 18.5 Å². The Morgan fingerprint density at radius 3 is 2.48 bits per heavy atom. The number of ether oxygens (including phenoxy) is 2. The summed E-state index contributed by atoms with van der Waals surface area (Å²) in [4.78, 5) is 0. The Kier molecular flexibility index (Phi) is 7.30. The summed E-state index contributed by atoms with van der Waals surface area (Å²) >= 11 is 2.49. The maximum absolute atomic E-state index is 6.24. The van der Waals surface area contributed by atoms with Crippen molar-refractivity contribution in [1.82, 2.24) is 0 Å². The summed E-state index contributed by atoms with van der Waals surface area (Å²) in [5, 5.41) is 0. The Balaban J connectivity index is 1.70. The van der Waals surface area contributed by atoms with E-state index < -0.39 is 0 Å². The fraction of sp³-hybridized carbons (Fsp3) is 0.667. The summed E-state index contributed by atoms with van der Waals surface area (Å²) in [6.07, 6.45) is 7.78. The van der Waals surface area contributed by atoms with Crippen LogP contribution in [0, 0.1) is 5.92 Å². The number of para-hydroxylation sites is 1. The van der Waals surface area contributed by atoms with Gasteiger partial charge in [0.15, 0.2) is 0 Å². The molecule has 1 aliphatic carbocycles. The molecule has 0 aliphatic heterocycles. The first-order chi connectivity index (χ1) is 10.3. The fourth-order valence-corrected chi connectivity index (χ4v) is 4.13. The van der Waals surface area contributed by atoms with E-state index >= 15 is 0 Å². The van der Waals surface area contributed by atoms with Crippen molar-refractivity contribution >= 4 is 22.6 Å². The number of hydrogen-bond donors (Lipinski definition) is 0. The van der Waals surface area contributed by atoms with Gasteiger partial charge in [0.25, 0.3) is 0 Å². The molecular weight excluding hydrogens is 375 g/mol. The molecule has 1 aromatic carbocycles. The predicted molar refractivity (Wildman–Crippen MR) is 96.4 cm³/mol. The molecule has 1 saturated carbocycles. The molecule has 0 spiro atoms. The average molecular weight is 402 g/mol. The van der Waals surface area contributed by atoms with Gasteiger partial charge in [-0.15, -0.1) is 0 Å². The van der Waals surface area contributed by atoms with Crippen LogP contribution >= 0.6 is 22.6 Å². The Labute approximate surface area is 142 Å². The Morgan fingerprint density at radius 2 is 1.86 bits per heavy atom. The van der Waals surface area contributed by atoms with Crippen molar-refractivity contribution in [1.29, 1.82) is 0 Å². The van der Waals surface area contributed by atoms with E-state index in [1.54, 1.807) is 0 Å². The minimum Gasteiger partial charge on any atom is -0.491 e. The van der Waals surface area contributed by atoms with Gasteiger partial charge in [0, 0.05) is 4.43 Å². The van der Waals surface area contributed by atoms with Crippen LogP contribution in [0.4, 0.5) is 0 Å². The molecule has 0 amide bonds. The maximum atomic E-state index is 6.24. The van der Waals surface area contributed by atoms with Gasteiger partial charge >= 0.3 is 0 Å². The summed E-state index contributed by atoms with van der Waals surface area (Å²) in [5.41, 5.74) is 0.102. The van der Waals surface area contributed by atoms with Crippen molar-refractivity contribution in [2.24, 2.45) is 5.92 Å².